The Morgan fingerprint density at radius 1 is 1.24 bits per heavy atom. The van der Waals surface area contributed by atoms with E-state index in [9.17, 15) is 0 Å². The van der Waals surface area contributed by atoms with Gasteiger partial charge in [-0.1, -0.05) is 13.8 Å². The van der Waals surface area contributed by atoms with E-state index in [1.54, 1.807) is 0 Å². The first-order valence-corrected chi connectivity index (χ1v) is 7.91. The largest absolute Gasteiger partial charge is 0.461 e. The van der Waals surface area contributed by atoms with Crippen molar-refractivity contribution < 1.29 is 4.74 Å². The Morgan fingerprint density at radius 3 is 2.62 bits per heavy atom. The van der Waals surface area contributed by atoms with Crippen molar-refractivity contribution in [2.24, 2.45) is 11.8 Å². The number of nitrogens with zero attached hydrogens (tertiary/aromatic N) is 4. The molecule has 2 rings (SSSR count). The Morgan fingerprint density at radius 2 is 2.00 bits per heavy atom. The van der Waals surface area contributed by atoms with Gasteiger partial charge in [0.05, 0.1) is 6.10 Å². The number of rotatable bonds is 5. The minimum absolute atomic E-state index is 0.0510. The summed E-state index contributed by atoms with van der Waals surface area (Å²) in [6, 6.07) is 0.400. The highest BCUT2D eigenvalue weighted by Crippen LogP contribution is 2.26. The minimum atomic E-state index is 0.0510. The number of anilines is 2. The summed E-state index contributed by atoms with van der Waals surface area (Å²) in [6.07, 6.45) is 1.22. The van der Waals surface area contributed by atoms with Gasteiger partial charge in [0.2, 0.25) is 11.9 Å². The number of nitrogens with one attached hydrogen (secondary N) is 1. The summed E-state index contributed by atoms with van der Waals surface area (Å²) in [6.45, 7) is 13.3. The van der Waals surface area contributed by atoms with Gasteiger partial charge in [-0.25, -0.2) is 0 Å². The molecule has 2 atom stereocenters. The molecule has 1 aromatic rings. The molecular weight excluding hydrogens is 266 g/mol. The van der Waals surface area contributed by atoms with Crippen LogP contribution in [-0.4, -0.2) is 40.7 Å². The van der Waals surface area contributed by atoms with E-state index in [-0.39, 0.29) is 6.10 Å². The van der Waals surface area contributed by atoms with Crippen LogP contribution in [0.3, 0.4) is 0 Å². The van der Waals surface area contributed by atoms with Gasteiger partial charge in [-0.05, 0) is 39.0 Å². The Labute approximate surface area is 127 Å². The van der Waals surface area contributed by atoms with E-state index in [1.165, 1.54) is 6.42 Å². The number of hydrogen-bond acceptors (Lipinski definition) is 6. The Kier molecular flexibility index (Phi) is 5.20. The van der Waals surface area contributed by atoms with Crippen molar-refractivity contribution >= 4 is 11.9 Å². The van der Waals surface area contributed by atoms with E-state index in [0.717, 1.165) is 31.5 Å². The van der Waals surface area contributed by atoms with Gasteiger partial charge in [0, 0.05) is 19.6 Å². The molecule has 0 aromatic carbocycles. The maximum atomic E-state index is 5.65. The Hall–Kier alpha value is -1.59. The first-order valence-electron chi connectivity index (χ1n) is 7.91. The number of piperidine rings is 1. The zero-order valence-corrected chi connectivity index (χ0v) is 13.8. The molecule has 1 aliphatic rings. The SMILES string of the molecule is CCNc1nc(OC(C)C)nc(N2CCC(C)C(C)C2)n1. The normalized spacial score (nSPS) is 22.5. The average molecular weight is 293 g/mol. The van der Waals surface area contributed by atoms with Gasteiger partial charge in [-0.2, -0.15) is 15.0 Å². The monoisotopic (exact) mass is 293 g/mol. The summed E-state index contributed by atoms with van der Waals surface area (Å²) in [7, 11) is 0. The smallest absolute Gasteiger partial charge is 0.323 e. The number of hydrogen-bond donors (Lipinski definition) is 1. The quantitative estimate of drug-likeness (QED) is 0.900. The highest BCUT2D eigenvalue weighted by atomic mass is 16.5. The van der Waals surface area contributed by atoms with Crippen molar-refractivity contribution in [3.05, 3.63) is 0 Å². The second-order valence-electron chi connectivity index (χ2n) is 6.13. The fourth-order valence-corrected chi connectivity index (χ4v) is 2.43. The molecule has 2 heterocycles. The topological polar surface area (TPSA) is 63.2 Å². The molecule has 0 saturated carbocycles. The van der Waals surface area contributed by atoms with E-state index in [0.29, 0.717) is 17.9 Å². The maximum Gasteiger partial charge on any atom is 0.323 e. The summed E-state index contributed by atoms with van der Waals surface area (Å²) in [5, 5.41) is 3.15. The van der Waals surface area contributed by atoms with Crippen LogP contribution in [0.5, 0.6) is 6.01 Å². The summed E-state index contributed by atoms with van der Waals surface area (Å²) in [5.74, 6) is 2.70. The van der Waals surface area contributed by atoms with Crippen LogP contribution in [0, 0.1) is 11.8 Å². The molecule has 0 aliphatic carbocycles. The molecule has 1 N–H and O–H groups in total. The molecule has 1 aromatic heterocycles. The molecule has 0 spiro atoms. The van der Waals surface area contributed by atoms with Crippen LogP contribution in [-0.2, 0) is 0 Å². The molecule has 21 heavy (non-hydrogen) atoms. The summed E-state index contributed by atoms with van der Waals surface area (Å²) < 4.78 is 5.65. The lowest BCUT2D eigenvalue weighted by Gasteiger charge is -2.35. The predicted molar refractivity (Wildman–Crippen MR) is 84.9 cm³/mol. The molecule has 2 unspecified atom stereocenters. The maximum absolute atomic E-state index is 5.65. The third kappa shape index (κ3) is 4.19. The first kappa shape index (κ1) is 15.8. The van der Waals surface area contributed by atoms with Crippen LogP contribution < -0.4 is 15.0 Å². The van der Waals surface area contributed by atoms with Gasteiger partial charge < -0.3 is 15.0 Å². The van der Waals surface area contributed by atoms with E-state index in [2.05, 4.69) is 39.0 Å². The van der Waals surface area contributed by atoms with Gasteiger partial charge in [0.25, 0.3) is 0 Å². The van der Waals surface area contributed by atoms with Gasteiger partial charge in [-0.3, -0.25) is 0 Å². The van der Waals surface area contributed by atoms with Crippen molar-refractivity contribution in [1.82, 2.24) is 15.0 Å². The van der Waals surface area contributed by atoms with E-state index in [1.807, 2.05) is 20.8 Å². The fourth-order valence-electron chi connectivity index (χ4n) is 2.43. The van der Waals surface area contributed by atoms with Crippen molar-refractivity contribution in [2.45, 2.75) is 47.1 Å². The van der Waals surface area contributed by atoms with E-state index < -0.39 is 0 Å². The standard InChI is InChI=1S/C15H27N5O/c1-6-16-13-17-14(19-15(18-13)21-10(2)3)20-8-7-11(4)12(5)9-20/h10-12H,6-9H2,1-5H3,(H,16,17,18,19). The minimum Gasteiger partial charge on any atom is -0.461 e. The van der Waals surface area contributed by atoms with Crippen LogP contribution in [0.4, 0.5) is 11.9 Å². The van der Waals surface area contributed by atoms with Crippen LogP contribution in [0.2, 0.25) is 0 Å². The lowest BCUT2D eigenvalue weighted by molar-refractivity contribution is 0.221. The third-order valence-corrected chi connectivity index (χ3v) is 3.90. The van der Waals surface area contributed by atoms with E-state index >= 15 is 0 Å². The van der Waals surface area contributed by atoms with E-state index in [4.69, 9.17) is 4.74 Å². The molecule has 1 aliphatic heterocycles. The Bertz CT molecular complexity index is 465. The summed E-state index contributed by atoms with van der Waals surface area (Å²) in [4.78, 5) is 15.6. The summed E-state index contributed by atoms with van der Waals surface area (Å²) in [5.41, 5.74) is 0. The summed E-state index contributed by atoms with van der Waals surface area (Å²) >= 11 is 0. The van der Waals surface area contributed by atoms with Crippen LogP contribution >= 0.6 is 0 Å². The predicted octanol–water partition coefficient (Wildman–Crippen LogP) is 2.57. The zero-order chi connectivity index (χ0) is 15.4. The lowest BCUT2D eigenvalue weighted by atomic mass is 9.89. The highest BCUT2D eigenvalue weighted by Gasteiger charge is 2.25. The molecule has 6 heteroatoms. The van der Waals surface area contributed by atoms with Crippen molar-refractivity contribution in [2.75, 3.05) is 29.9 Å². The zero-order valence-electron chi connectivity index (χ0n) is 13.8. The molecule has 0 amide bonds. The number of aromatic nitrogens is 3. The molecule has 1 saturated heterocycles. The number of ether oxygens (including phenoxy) is 1. The van der Waals surface area contributed by atoms with Crippen molar-refractivity contribution in [1.29, 1.82) is 0 Å². The Balaban J connectivity index is 2.22. The van der Waals surface area contributed by atoms with Gasteiger partial charge in [0.1, 0.15) is 0 Å². The molecule has 118 valence electrons. The second-order valence-corrected chi connectivity index (χ2v) is 6.13. The van der Waals surface area contributed by atoms with Crippen LogP contribution in [0.15, 0.2) is 0 Å². The fraction of sp³-hybridized carbons (Fsp3) is 0.800. The van der Waals surface area contributed by atoms with Crippen molar-refractivity contribution in [3.8, 4) is 6.01 Å². The molecule has 6 nitrogen and oxygen atoms in total. The molecule has 1 fully saturated rings. The molecule has 0 radical (unpaired) electrons. The van der Waals surface area contributed by atoms with Gasteiger partial charge >= 0.3 is 6.01 Å². The first-order chi connectivity index (χ1) is 9.99. The average Bonchev–Trinajstić information content (AvgIpc) is 2.41. The van der Waals surface area contributed by atoms with Gasteiger partial charge in [0.15, 0.2) is 0 Å². The third-order valence-electron chi connectivity index (χ3n) is 3.90. The molecule has 0 bridgehead atoms. The van der Waals surface area contributed by atoms with Crippen molar-refractivity contribution in [3.63, 3.8) is 0 Å². The second kappa shape index (κ2) is 6.91. The lowest BCUT2D eigenvalue weighted by Crippen LogP contribution is -2.39. The molecular formula is C15H27N5O. The highest BCUT2D eigenvalue weighted by molar-refractivity contribution is 5.39. The van der Waals surface area contributed by atoms with Gasteiger partial charge in [-0.15, -0.1) is 0 Å². The van der Waals surface area contributed by atoms with Crippen LogP contribution in [0.1, 0.15) is 41.0 Å². The van der Waals surface area contributed by atoms with Crippen LogP contribution in [0.25, 0.3) is 0 Å².